The lowest BCUT2D eigenvalue weighted by molar-refractivity contribution is -0.136. The smallest absolute Gasteiger partial charge is 0.323 e. The second-order valence-corrected chi connectivity index (χ2v) is 7.43. The van der Waals surface area contributed by atoms with Crippen LogP contribution in [0.25, 0.3) is 0 Å². The molecular weight excluding hydrogens is 350 g/mol. The molecule has 0 aromatic heterocycles. The monoisotopic (exact) mass is 365 g/mol. The van der Waals surface area contributed by atoms with E-state index >= 15 is 0 Å². The van der Waals surface area contributed by atoms with Crippen molar-refractivity contribution >= 4 is 31.9 Å². The summed E-state index contributed by atoms with van der Waals surface area (Å²) in [6.45, 7) is 1.36. The maximum Gasteiger partial charge on any atom is 0.323 e. The summed E-state index contributed by atoms with van der Waals surface area (Å²) in [5.74, 6) is -0.754. The first-order valence-electron chi connectivity index (χ1n) is 5.81. The predicted octanol–water partition coefficient (Wildman–Crippen LogP) is 1.56. The van der Waals surface area contributed by atoms with E-state index in [-0.39, 0.29) is 13.2 Å². The molecule has 112 valence electrons. The van der Waals surface area contributed by atoms with Gasteiger partial charge in [0.25, 0.3) is 0 Å². The molecule has 0 spiro atoms. The quantitative estimate of drug-likeness (QED) is 0.792. The highest BCUT2D eigenvalue weighted by Gasteiger charge is 2.31. The number of aliphatic carboxylic acids is 1. The second-order valence-electron chi connectivity index (χ2n) is 4.15. The third-order valence-corrected chi connectivity index (χ3v) is 5.39. The molecular formula is C12H16BrNO5S. The van der Waals surface area contributed by atoms with Crippen molar-refractivity contribution in [2.45, 2.75) is 12.2 Å². The van der Waals surface area contributed by atoms with Crippen molar-refractivity contribution in [1.82, 2.24) is 4.31 Å². The number of ether oxygens (including phenoxy) is 1. The summed E-state index contributed by atoms with van der Waals surface area (Å²) in [5, 5.41) is 7.28. The summed E-state index contributed by atoms with van der Waals surface area (Å²) in [7, 11) is -2.52. The Morgan fingerprint density at radius 1 is 1.40 bits per heavy atom. The first-order chi connectivity index (χ1) is 9.25. The van der Waals surface area contributed by atoms with E-state index in [2.05, 4.69) is 15.9 Å². The number of hydrogen-bond acceptors (Lipinski definition) is 4. The molecule has 1 rings (SSSR count). The van der Waals surface area contributed by atoms with E-state index in [1.165, 1.54) is 7.05 Å². The fraction of sp³-hybridized carbons (Fsp3) is 0.417. The number of likely N-dealkylation sites (N-methyl/N-ethyl adjacent to an activating group) is 1. The van der Waals surface area contributed by atoms with Crippen molar-refractivity contribution in [3.05, 3.63) is 28.7 Å². The van der Waals surface area contributed by atoms with Gasteiger partial charge in [-0.1, -0.05) is 15.9 Å². The molecule has 1 atom stereocenters. The molecule has 1 aromatic rings. The second kappa shape index (κ2) is 7.05. The summed E-state index contributed by atoms with van der Waals surface area (Å²) in [4.78, 5) is 10.7. The highest BCUT2D eigenvalue weighted by atomic mass is 79.9. The zero-order valence-corrected chi connectivity index (χ0v) is 13.5. The van der Waals surface area contributed by atoms with Crippen molar-refractivity contribution in [2.24, 2.45) is 0 Å². The zero-order chi connectivity index (χ0) is 15.3. The molecule has 0 aliphatic carbocycles. The highest BCUT2D eigenvalue weighted by molar-refractivity contribution is 9.10. The molecule has 8 heteroatoms. The minimum Gasteiger partial charge on any atom is -0.492 e. The van der Waals surface area contributed by atoms with Gasteiger partial charge in [-0.3, -0.25) is 4.79 Å². The van der Waals surface area contributed by atoms with Crippen LogP contribution in [-0.2, 0) is 14.8 Å². The maximum absolute atomic E-state index is 11.8. The lowest BCUT2D eigenvalue weighted by Crippen LogP contribution is -2.40. The van der Waals surface area contributed by atoms with Gasteiger partial charge in [0.05, 0.1) is 0 Å². The van der Waals surface area contributed by atoms with Gasteiger partial charge < -0.3 is 9.84 Å². The fourth-order valence-electron chi connectivity index (χ4n) is 1.35. The molecule has 0 aliphatic rings. The van der Waals surface area contributed by atoms with Crippen LogP contribution in [0.2, 0.25) is 0 Å². The van der Waals surface area contributed by atoms with Gasteiger partial charge in [-0.15, -0.1) is 0 Å². The lowest BCUT2D eigenvalue weighted by atomic mass is 10.3. The number of hydrogen-bond donors (Lipinski definition) is 1. The van der Waals surface area contributed by atoms with Crippen molar-refractivity contribution in [2.75, 3.05) is 20.2 Å². The van der Waals surface area contributed by atoms with Gasteiger partial charge in [-0.2, -0.15) is 0 Å². The molecule has 0 amide bonds. The van der Waals surface area contributed by atoms with Gasteiger partial charge in [0, 0.05) is 18.1 Å². The third kappa shape index (κ3) is 4.46. The Morgan fingerprint density at radius 2 is 1.95 bits per heavy atom. The van der Waals surface area contributed by atoms with Gasteiger partial charge in [0.1, 0.15) is 12.4 Å². The Balaban J connectivity index is 2.53. The zero-order valence-electron chi connectivity index (χ0n) is 11.1. The topological polar surface area (TPSA) is 83.9 Å². The maximum atomic E-state index is 11.8. The first kappa shape index (κ1) is 16.9. The number of carbonyl (C=O) groups is 1. The molecule has 6 nitrogen and oxygen atoms in total. The van der Waals surface area contributed by atoms with Crippen LogP contribution in [-0.4, -0.2) is 49.2 Å². The minimum absolute atomic E-state index is 0.0794. The summed E-state index contributed by atoms with van der Waals surface area (Å²) < 4.78 is 31.0. The van der Waals surface area contributed by atoms with Gasteiger partial charge in [-0.05, 0) is 31.2 Å². The number of carboxylic acid groups (broad SMARTS) is 1. The van der Waals surface area contributed by atoms with E-state index in [0.717, 1.165) is 15.7 Å². The van der Waals surface area contributed by atoms with Gasteiger partial charge in [0.15, 0.2) is 5.25 Å². The standard InChI is InChI=1S/C12H16BrNO5S/c1-9(12(15)16)20(17,18)14(2)7-8-19-11-5-3-10(13)4-6-11/h3-6,9H,7-8H2,1-2H3,(H,15,16). The molecule has 0 saturated heterocycles. The van der Waals surface area contributed by atoms with Crippen LogP contribution >= 0.6 is 15.9 Å². The van der Waals surface area contributed by atoms with Crippen LogP contribution in [0, 0.1) is 0 Å². The largest absolute Gasteiger partial charge is 0.492 e. The Kier molecular flexibility index (Phi) is 5.97. The van der Waals surface area contributed by atoms with Crippen molar-refractivity contribution in [3.8, 4) is 5.75 Å². The molecule has 20 heavy (non-hydrogen) atoms. The average molecular weight is 366 g/mol. The fourth-order valence-corrected chi connectivity index (χ4v) is 2.74. The van der Waals surface area contributed by atoms with Crippen molar-refractivity contribution in [3.63, 3.8) is 0 Å². The minimum atomic E-state index is -3.85. The van der Waals surface area contributed by atoms with Gasteiger partial charge in [0.2, 0.25) is 10.0 Å². The average Bonchev–Trinajstić information content (AvgIpc) is 2.39. The number of rotatable bonds is 7. The Morgan fingerprint density at radius 3 is 2.45 bits per heavy atom. The number of sulfonamides is 1. The van der Waals surface area contributed by atoms with Crippen molar-refractivity contribution in [1.29, 1.82) is 0 Å². The van der Waals surface area contributed by atoms with Crippen LogP contribution in [0.5, 0.6) is 5.75 Å². The van der Waals surface area contributed by atoms with E-state index in [0.29, 0.717) is 5.75 Å². The molecule has 1 aromatic carbocycles. The summed E-state index contributed by atoms with van der Waals surface area (Å²) in [6.07, 6.45) is 0. The molecule has 0 bridgehead atoms. The third-order valence-electron chi connectivity index (χ3n) is 2.72. The first-order valence-corrected chi connectivity index (χ1v) is 8.11. The molecule has 1 unspecified atom stereocenters. The van der Waals surface area contributed by atoms with E-state index in [4.69, 9.17) is 9.84 Å². The number of nitrogens with zero attached hydrogens (tertiary/aromatic N) is 1. The normalized spacial score (nSPS) is 13.2. The van der Waals surface area contributed by atoms with E-state index in [9.17, 15) is 13.2 Å². The molecule has 0 radical (unpaired) electrons. The highest BCUT2D eigenvalue weighted by Crippen LogP contribution is 2.16. The SMILES string of the molecule is CC(C(=O)O)S(=O)(=O)N(C)CCOc1ccc(Br)cc1. The summed E-state index contributed by atoms with van der Waals surface area (Å²) in [6, 6.07) is 7.11. The summed E-state index contributed by atoms with van der Waals surface area (Å²) >= 11 is 3.29. The molecule has 0 heterocycles. The Hall–Kier alpha value is -1.12. The number of benzene rings is 1. The van der Waals surface area contributed by atoms with Crippen molar-refractivity contribution < 1.29 is 23.1 Å². The van der Waals surface area contributed by atoms with E-state index in [1.54, 1.807) is 12.1 Å². The van der Waals surface area contributed by atoms with Crippen LogP contribution in [0.3, 0.4) is 0 Å². The van der Waals surface area contributed by atoms with Gasteiger partial charge >= 0.3 is 5.97 Å². The predicted molar refractivity (Wildman–Crippen MR) is 78.3 cm³/mol. The molecule has 0 fully saturated rings. The Labute approximate surface area is 126 Å². The van der Waals surface area contributed by atoms with Crippen LogP contribution in [0.4, 0.5) is 0 Å². The van der Waals surface area contributed by atoms with Gasteiger partial charge in [-0.25, -0.2) is 12.7 Å². The molecule has 1 N–H and O–H groups in total. The number of carboxylic acids is 1. The number of halogens is 1. The van der Waals surface area contributed by atoms with Crippen LogP contribution < -0.4 is 4.74 Å². The van der Waals surface area contributed by atoms with E-state index < -0.39 is 21.2 Å². The van der Waals surface area contributed by atoms with Crippen LogP contribution in [0.1, 0.15) is 6.92 Å². The molecule has 0 aliphatic heterocycles. The van der Waals surface area contributed by atoms with Crippen LogP contribution in [0.15, 0.2) is 28.7 Å². The Bertz CT molecular complexity index is 558. The summed E-state index contributed by atoms with van der Waals surface area (Å²) in [5.41, 5.74) is 0. The lowest BCUT2D eigenvalue weighted by Gasteiger charge is -2.19. The van der Waals surface area contributed by atoms with E-state index in [1.807, 2.05) is 12.1 Å². The molecule has 0 saturated carbocycles.